The summed E-state index contributed by atoms with van der Waals surface area (Å²) < 4.78 is 16.2. The van der Waals surface area contributed by atoms with Crippen LogP contribution in [0.25, 0.3) is 5.69 Å². The van der Waals surface area contributed by atoms with Gasteiger partial charge in [0.15, 0.2) is 0 Å². The Bertz CT molecular complexity index is 1010. The van der Waals surface area contributed by atoms with E-state index in [0.29, 0.717) is 5.56 Å². The molecular weight excluding hydrogens is 335 g/mol. The summed E-state index contributed by atoms with van der Waals surface area (Å²) in [6.45, 7) is 3.73. The third kappa shape index (κ3) is 3.42. The van der Waals surface area contributed by atoms with Gasteiger partial charge in [-0.1, -0.05) is 0 Å². The minimum atomic E-state index is -0.330. The van der Waals surface area contributed by atoms with Crippen molar-refractivity contribution >= 4 is 5.91 Å². The molecule has 2 heterocycles. The summed E-state index contributed by atoms with van der Waals surface area (Å²) in [5.41, 5.74) is 2.48. The van der Waals surface area contributed by atoms with E-state index < -0.39 is 0 Å². The van der Waals surface area contributed by atoms with E-state index in [1.54, 1.807) is 42.3 Å². The van der Waals surface area contributed by atoms with Gasteiger partial charge in [-0.15, -0.1) is 0 Å². The van der Waals surface area contributed by atoms with Gasteiger partial charge in [0.05, 0.1) is 17.9 Å². The van der Waals surface area contributed by atoms with Crippen LogP contribution in [0.1, 0.15) is 34.6 Å². The van der Waals surface area contributed by atoms with Gasteiger partial charge in [0, 0.05) is 36.1 Å². The number of nitrogens with zero attached hydrogens (tertiary/aromatic N) is 3. The van der Waals surface area contributed by atoms with Gasteiger partial charge in [0.1, 0.15) is 5.82 Å². The largest absolute Gasteiger partial charge is 0.345 e. The maximum absolute atomic E-state index is 13.1. The van der Waals surface area contributed by atoms with Gasteiger partial charge >= 0.3 is 0 Å². The molecule has 0 bridgehead atoms. The molecule has 3 rings (SSSR count). The molecule has 1 N–H and O–H groups in total. The number of benzene rings is 1. The van der Waals surface area contributed by atoms with E-state index in [2.05, 4.69) is 10.4 Å². The monoisotopic (exact) mass is 354 g/mol. The molecule has 1 atom stereocenters. The highest BCUT2D eigenvalue weighted by atomic mass is 19.1. The summed E-state index contributed by atoms with van der Waals surface area (Å²) in [6, 6.07) is 8.62. The van der Waals surface area contributed by atoms with E-state index in [1.807, 2.05) is 13.8 Å². The summed E-state index contributed by atoms with van der Waals surface area (Å²) in [6.07, 6.45) is 3.23. The second kappa shape index (κ2) is 6.95. The summed E-state index contributed by atoms with van der Waals surface area (Å²) in [5, 5.41) is 7.21. The third-order valence-electron chi connectivity index (χ3n) is 4.30. The molecule has 0 radical (unpaired) electrons. The molecule has 1 aromatic carbocycles. The molecule has 3 aromatic rings. The second-order valence-corrected chi connectivity index (χ2v) is 6.13. The van der Waals surface area contributed by atoms with Crippen molar-refractivity contribution in [2.45, 2.75) is 19.9 Å². The number of amides is 1. The minimum Gasteiger partial charge on any atom is -0.345 e. The molecule has 0 spiro atoms. The predicted octanol–water partition coefficient (Wildman–Crippen LogP) is 2.51. The molecule has 2 aromatic heterocycles. The van der Waals surface area contributed by atoms with E-state index in [-0.39, 0.29) is 23.3 Å². The molecule has 1 unspecified atom stereocenters. The maximum Gasteiger partial charge on any atom is 0.252 e. The topological polar surface area (TPSA) is 68.9 Å². The summed E-state index contributed by atoms with van der Waals surface area (Å²) in [4.78, 5) is 24.1. The van der Waals surface area contributed by atoms with Crippen LogP contribution in [-0.4, -0.2) is 20.3 Å². The Kier molecular flexibility index (Phi) is 4.71. The van der Waals surface area contributed by atoms with Crippen LogP contribution in [0.5, 0.6) is 0 Å². The van der Waals surface area contributed by atoms with Crippen LogP contribution in [0.15, 0.2) is 53.6 Å². The highest BCUT2D eigenvalue weighted by Gasteiger charge is 2.17. The number of rotatable bonds is 4. The lowest BCUT2D eigenvalue weighted by atomic mass is 10.1. The van der Waals surface area contributed by atoms with Crippen molar-refractivity contribution in [1.29, 1.82) is 0 Å². The van der Waals surface area contributed by atoms with Crippen molar-refractivity contribution < 1.29 is 9.18 Å². The SMILES string of the molecule is Cc1c(C(C)NC(=O)c2ccn(C)c(=O)c2)cnn1-c1ccc(F)cc1. The van der Waals surface area contributed by atoms with E-state index in [4.69, 9.17) is 0 Å². The Balaban J connectivity index is 1.81. The van der Waals surface area contributed by atoms with Crippen LogP contribution >= 0.6 is 0 Å². The molecule has 6 nitrogen and oxygen atoms in total. The first kappa shape index (κ1) is 17.6. The Hall–Kier alpha value is -3.22. The lowest BCUT2D eigenvalue weighted by Crippen LogP contribution is -2.28. The summed E-state index contributed by atoms with van der Waals surface area (Å²) in [5.74, 6) is -0.641. The van der Waals surface area contributed by atoms with Crippen molar-refractivity contribution in [3.63, 3.8) is 0 Å². The van der Waals surface area contributed by atoms with Gasteiger partial charge in [0.25, 0.3) is 11.5 Å². The molecule has 1 amide bonds. The zero-order valence-corrected chi connectivity index (χ0v) is 14.7. The lowest BCUT2D eigenvalue weighted by molar-refractivity contribution is 0.0939. The summed E-state index contributed by atoms with van der Waals surface area (Å²) >= 11 is 0. The van der Waals surface area contributed by atoms with Crippen molar-refractivity contribution in [3.05, 3.63) is 81.8 Å². The van der Waals surface area contributed by atoms with Gasteiger partial charge in [-0.25, -0.2) is 9.07 Å². The first-order valence-electron chi connectivity index (χ1n) is 8.15. The number of hydrogen-bond acceptors (Lipinski definition) is 3. The van der Waals surface area contributed by atoms with Crippen molar-refractivity contribution in [1.82, 2.24) is 19.7 Å². The average molecular weight is 354 g/mol. The van der Waals surface area contributed by atoms with Crippen LogP contribution in [0.3, 0.4) is 0 Å². The van der Waals surface area contributed by atoms with Crippen LogP contribution in [0, 0.1) is 12.7 Å². The van der Waals surface area contributed by atoms with Gasteiger partial charge in [-0.3, -0.25) is 9.59 Å². The molecule has 0 aliphatic heterocycles. The van der Waals surface area contributed by atoms with E-state index in [1.165, 1.54) is 22.8 Å². The lowest BCUT2D eigenvalue weighted by Gasteiger charge is -2.14. The molecule has 134 valence electrons. The molecule has 7 heteroatoms. The Morgan fingerprint density at radius 2 is 1.92 bits per heavy atom. The van der Waals surface area contributed by atoms with Crippen LogP contribution in [0.4, 0.5) is 4.39 Å². The maximum atomic E-state index is 13.1. The van der Waals surface area contributed by atoms with Gasteiger partial charge in [-0.05, 0) is 44.2 Å². The fourth-order valence-electron chi connectivity index (χ4n) is 2.74. The van der Waals surface area contributed by atoms with Crippen LogP contribution in [-0.2, 0) is 7.05 Å². The molecular formula is C19H19FN4O2. The third-order valence-corrected chi connectivity index (χ3v) is 4.30. The molecule has 0 saturated carbocycles. The number of carbonyl (C=O) groups is 1. The number of hydrogen-bond donors (Lipinski definition) is 1. The van der Waals surface area contributed by atoms with Crippen molar-refractivity contribution in [3.8, 4) is 5.69 Å². The first-order valence-corrected chi connectivity index (χ1v) is 8.15. The van der Waals surface area contributed by atoms with E-state index in [0.717, 1.165) is 16.9 Å². The Morgan fingerprint density at radius 3 is 2.58 bits per heavy atom. The van der Waals surface area contributed by atoms with Crippen molar-refractivity contribution in [2.24, 2.45) is 7.05 Å². The molecule has 0 aliphatic carbocycles. The smallest absolute Gasteiger partial charge is 0.252 e. The first-order chi connectivity index (χ1) is 12.4. The van der Waals surface area contributed by atoms with Crippen molar-refractivity contribution in [2.75, 3.05) is 0 Å². The molecule has 26 heavy (non-hydrogen) atoms. The van der Waals surface area contributed by atoms with E-state index >= 15 is 0 Å². The molecule has 0 aliphatic rings. The summed E-state index contributed by atoms with van der Waals surface area (Å²) in [7, 11) is 1.62. The normalized spacial score (nSPS) is 12.0. The second-order valence-electron chi connectivity index (χ2n) is 6.13. The van der Waals surface area contributed by atoms with Gasteiger partial charge in [-0.2, -0.15) is 5.10 Å². The predicted molar refractivity (Wildman–Crippen MR) is 95.8 cm³/mol. The number of aromatic nitrogens is 3. The van der Waals surface area contributed by atoms with Crippen LogP contribution < -0.4 is 10.9 Å². The molecule has 0 saturated heterocycles. The molecule has 0 fully saturated rings. The fraction of sp³-hybridized carbons (Fsp3) is 0.211. The number of pyridine rings is 1. The number of carbonyl (C=O) groups excluding carboxylic acids is 1. The van der Waals surface area contributed by atoms with Crippen LogP contribution in [0.2, 0.25) is 0 Å². The number of halogens is 1. The highest BCUT2D eigenvalue weighted by Crippen LogP contribution is 2.20. The fourth-order valence-corrected chi connectivity index (χ4v) is 2.74. The zero-order valence-electron chi connectivity index (χ0n) is 14.7. The van der Waals surface area contributed by atoms with E-state index in [9.17, 15) is 14.0 Å². The Morgan fingerprint density at radius 1 is 1.23 bits per heavy atom. The quantitative estimate of drug-likeness (QED) is 0.783. The zero-order chi connectivity index (χ0) is 18.8. The average Bonchev–Trinajstić information content (AvgIpc) is 2.99. The number of nitrogens with one attached hydrogen (secondary N) is 1. The standard InChI is InChI=1S/C19H19FN4O2/c1-12(22-19(26)14-8-9-23(3)18(25)10-14)17-11-21-24(13(17)2)16-6-4-15(20)5-7-16/h4-12H,1-3H3,(H,22,26). The minimum absolute atomic E-state index is 0.245. The highest BCUT2D eigenvalue weighted by molar-refractivity contribution is 5.94. The number of aryl methyl sites for hydroxylation is 1. The van der Waals surface area contributed by atoms with Gasteiger partial charge < -0.3 is 9.88 Å². The Labute approximate surface area is 149 Å². The van der Waals surface area contributed by atoms with Gasteiger partial charge in [0.2, 0.25) is 0 Å².